The van der Waals surface area contributed by atoms with Crippen molar-refractivity contribution in [2.75, 3.05) is 13.3 Å². The number of rotatable bonds is 5. The van der Waals surface area contributed by atoms with Crippen LogP contribution in [0.2, 0.25) is 0 Å². The Balaban J connectivity index is 1.13. The number of fused-ring (bicyclic) bond motifs is 5. The number of sulfonamides is 1. The van der Waals surface area contributed by atoms with Crippen molar-refractivity contribution in [1.29, 1.82) is 0 Å². The highest BCUT2D eigenvalue weighted by molar-refractivity contribution is 7.91. The topological polar surface area (TPSA) is 199 Å². The molecule has 16 nitrogen and oxygen atoms in total. The number of nitrogens with one attached hydrogen (secondary N) is 3. The maximum absolute atomic E-state index is 14.4. The van der Waals surface area contributed by atoms with Gasteiger partial charge in [0.15, 0.2) is 11.5 Å². The summed E-state index contributed by atoms with van der Waals surface area (Å²) in [4.78, 5) is 71.5. The molecule has 2 aliphatic carbocycles. The minimum Gasteiger partial charge on any atom is -0.454 e. The van der Waals surface area contributed by atoms with Crippen LogP contribution in [0.5, 0.6) is 11.5 Å². The van der Waals surface area contributed by atoms with Crippen molar-refractivity contribution in [3.63, 3.8) is 0 Å². The molecule has 1 aromatic rings. The van der Waals surface area contributed by atoms with Crippen LogP contribution in [0.25, 0.3) is 0 Å². The molecule has 3 fully saturated rings. The van der Waals surface area contributed by atoms with Gasteiger partial charge in [-0.25, -0.2) is 18.0 Å². The minimum atomic E-state index is -3.91. The fourth-order valence-electron chi connectivity index (χ4n) is 7.49. The first kappa shape index (κ1) is 36.8. The molecule has 6 aliphatic rings. The van der Waals surface area contributed by atoms with E-state index in [-0.39, 0.29) is 45.7 Å². The van der Waals surface area contributed by atoms with Gasteiger partial charge >= 0.3 is 12.2 Å². The van der Waals surface area contributed by atoms with E-state index in [1.165, 1.54) is 9.80 Å². The number of allylic oxidation sites excluding steroid dienone is 1. The Bertz CT molecular complexity index is 1820. The molecule has 4 aliphatic heterocycles. The van der Waals surface area contributed by atoms with Gasteiger partial charge in [0.2, 0.25) is 28.6 Å². The summed E-state index contributed by atoms with van der Waals surface area (Å²) in [5.41, 5.74) is -0.662. The number of hydrogen-bond donors (Lipinski definition) is 3. The van der Waals surface area contributed by atoms with Crippen molar-refractivity contribution in [2.45, 2.75) is 126 Å². The third kappa shape index (κ3) is 7.89. The third-order valence-electron chi connectivity index (χ3n) is 10.5. The quantitative estimate of drug-likeness (QED) is 0.374. The van der Waals surface area contributed by atoms with Crippen molar-refractivity contribution >= 4 is 39.9 Å². The zero-order valence-corrected chi connectivity index (χ0v) is 31.0. The molecule has 3 N–H and O–H groups in total. The van der Waals surface area contributed by atoms with E-state index in [0.717, 1.165) is 24.0 Å². The van der Waals surface area contributed by atoms with E-state index in [9.17, 15) is 32.4 Å². The molecule has 0 bridgehead atoms. The number of ether oxygens (including phenoxy) is 4. The molecule has 0 aromatic heterocycles. The molecule has 0 radical (unpaired) electrons. The lowest BCUT2D eigenvalue weighted by Crippen LogP contribution is -2.58. The second kappa shape index (κ2) is 14.0. The molecule has 5 atom stereocenters. The Morgan fingerprint density at radius 2 is 1.83 bits per heavy atom. The van der Waals surface area contributed by atoms with Gasteiger partial charge in [0.05, 0.1) is 18.3 Å². The molecule has 7 rings (SSSR count). The summed E-state index contributed by atoms with van der Waals surface area (Å²) in [6.07, 6.45) is 5.44. The van der Waals surface area contributed by atoms with Crippen molar-refractivity contribution in [2.24, 2.45) is 5.92 Å². The lowest BCUT2D eigenvalue weighted by atomic mass is 10.0. The van der Waals surface area contributed by atoms with E-state index in [1.54, 1.807) is 26.8 Å². The molecule has 1 saturated heterocycles. The van der Waals surface area contributed by atoms with Crippen LogP contribution in [-0.2, 0) is 47.0 Å². The Hall–Kier alpha value is -4.54. The molecule has 0 unspecified atom stereocenters. The van der Waals surface area contributed by atoms with E-state index in [2.05, 4.69) is 15.4 Å². The minimum absolute atomic E-state index is 0.0890. The normalized spacial score (nSPS) is 29.0. The molecule has 5 amide bonds. The summed E-state index contributed by atoms with van der Waals surface area (Å²) >= 11 is 0. The van der Waals surface area contributed by atoms with Crippen molar-refractivity contribution in [3.05, 3.63) is 35.4 Å². The van der Waals surface area contributed by atoms with Crippen LogP contribution in [-0.4, -0.2) is 96.0 Å². The monoisotopic (exact) mass is 757 g/mol. The summed E-state index contributed by atoms with van der Waals surface area (Å²) in [5, 5.41) is 4.86. The van der Waals surface area contributed by atoms with Gasteiger partial charge < -0.3 is 34.5 Å². The van der Waals surface area contributed by atoms with Gasteiger partial charge in [0, 0.05) is 24.4 Å². The first-order valence-corrected chi connectivity index (χ1v) is 19.9. The van der Waals surface area contributed by atoms with E-state index in [4.69, 9.17) is 18.9 Å². The second-order valence-electron chi connectivity index (χ2n) is 15.8. The molecular weight excluding hydrogens is 710 g/mol. The average molecular weight is 758 g/mol. The largest absolute Gasteiger partial charge is 0.454 e. The fraction of sp³-hybridized carbons (Fsp3) is 0.639. The van der Waals surface area contributed by atoms with Gasteiger partial charge in [-0.1, -0.05) is 31.1 Å². The molecule has 2 saturated carbocycles. The predicted octanol–water partition coefficient (Wildman–Crippen LogP) is 2.73. The third-order valence-corrected chi connectivity index (χ3v) is 12.3. The summed E-state index contributed by atoms with van der Waals surface area (Å²) in [7, 11) is -3.91. The van der Waals surface area contributed by atoms with Crippen LogP contribution in [0.4, 0.5) is 9.59 Å². The molecule has 0 spiro atoms. The zero-order valence-electron chi connectivity index (χ0n) is 30.2. The standard InChI is InChI=1S/C36H47N5O11S/c1-35(2,3)52-33(45)37-26-10-8-6-4-5-7-9-22-16-36(22,32(44)39-53(47,48)24-12-13-24)38-30(42)27-15-23(18-41(27)31(26)43)51-34(46)40-17-21-11-14-28-29(25(21)19-40)50-20-49-28/h7,9,11,14,22-24,26-27H,4-6,8,10,12-13,15-20H2,1-3H3,(H,37,45)(H,38,42)(H,39,44)/b9-7-/t22-,23-,26+,27+,36-/m1/s1. The Labute approximate surface area is 308 Å². The smallest absolute Gasteiger partial charge is 0.410 e. The van der Waals surface area contributed by atoms with E-state index >= 15 is 0 Å². The average Bonchev–Trinajstić information content (AvgIpc) is 3.87. The molecule has 17 heteroatoms. The van der Waals surface area contributed by atoms with Gasteiger partial charge in [-0.3, -0.25) is 24.0 Å². The number of amides is 5. The molecule has 288 valence electrons. The van der Waals surface area contributed by atoms with Crippen molar-refractivity contribution < 1.29 is 51.3 Å². The van der Waals surface area contributed by atoms with Gasteiger partial charge in [-0.05, 0) is 70.9 Å². The SMILES string of the molecule is CC(C)(C)OC(=O)N[C@H]1CCCCC/C=C\[C@@H]2C[C@@]2(C(=O)NS(=O)(=O)C2CC2)NC(=O)[C@@H]2C[C@@H](OC(=O)N3Cc4ccc5c(c4C3)OCO5)CN2C1=O. The van der Waals surface area contributed by atoms with Crippen LogP contribution in [0, 0.1) is 5.92 Å². The van der Waals surface area contributed by atoms with E-state index in [1.807, 2.05) is 18.2 Å². The summed E-state index contributed by atoms with van der Waals surface area (Å²) < 4.78 is 50.2. The number of hydrogen-bond acceptors (Lipinski definition) is 11. The van der Waals surface area contributed by atoms with Crippen LogP contribution in [0.15, 0.2) is 24.3 Å². The predicted molar refractivity (Wildman–Crippen MR) is 187 cm³/mol. The maximum atomic E-state index is 14.4. The highest BCUT2D eigenvalue weighted by Crippen LogP contribution is 2.46. The number of alkyl carbamates (subject to hydrolysis) is 1. The lowest BCUT2D eigenvalue weighted by Gasteiger charge is -2.30. The highest BCUT2D eigenvalue weighted by Gasteiger charge is 2.62. The Morgan fingerprint density at radius 3 is 2.58 bits per heavy atom. The second-order valence-corrected chi connectivity index (χ2v) is 17.7. The number of carbonyl (C=O) groups excluding carboxylic acids is 5. The highest BCUT2D eigenvalue weighted by atomic mass is 32.2. The van der Waals surface area contributed by atoms with Gasteiger partial charge in [0.1, 0.15) is 29.3 Å². The summed E-state index contributed by atoms with van der Waals surface area (Å²) in [5.74, 6) is -1.35. The van der Waals surface area contributed by atoms with E-state index in [0.29, 0.717) is 37.2 Å². The number of nitrogens with zero attached hydrogens (tertiary/aromatic N) is 2. The van der Waals surface area contributed by atoms with Crippen LogP contribution >= 0.6 is 0 Å². The zero-order chi connectivity index (χ0) is 37.7. The van der Waals surface area contributed by atoms with Crippen molar-refractivity contribution in [3.8, 4) is 11.5 Å². The Morgan fingerprint density at radius 1 is 1.04 bits per heavy atom. The van der Waals surface area contributed by atoms with Crippen molar-refractivity contribution in [1.82, 2.24) is 25.2 Å². The fourth-order valence-corrected chi connectivity index (χ4v) is 8.85. The first-order valence-electron chi connectivity index (χ1n) is 18.3. The molecule has 1 aromatic carbocycles. The van der Waals surface area contributed by atoms with Gasteiger partial charge in [-0.15, -0.1) is 0 Å². The van der Waals surface area contributed by atoms with Gasteiger partial charge in [0.25, 0.3) is 5.91 Å². The number of carbonyl (C=O) groups is 5. The maximum Gasteiger partial charge on any atom is 0.410 e. The van der Waals surface area contributed by atoms with Crippen LogP contribution in [0.1, 0.15) is 89.7 Å². The Kier molecular flexibility index (Phi) is 9.74. The molecule has 53 heavy (non-hydrogen) atoms. The lowest BCUT2D eigenvalue weighted by molar-refractivity contribution is -0.141. The van der Waals surface area contributed by atoms with Crippen LogP contribution < -0.4 is 24.8 Å². The van der Waals surface area contributed by atoms with E-state index < -0.39 is 80.4 Å². The summed E-state index contributed by atoms with van der Waals surface area (Å²) in [6.45, 7) is 5.54. The number of benzene rings is 1. The first-order chi connectivity index (χ1) is 25.1. The van der Waals surface area contributed by atoms with Crippen LogP contribution in [0.3, 0.4) is 0 Å². The molecular formula is C36H47N5O11S. The summed E-state index contributed by atoms with van der Waals surface area (Å²) in [6, 6.07) is 1.40. The molecule has 4 heterocycles. The van der Waals surface area contributed by atoms with Gasteiger partial charge in [-0.2, -0.15) is 0 Å².